The largest absolute Gasteiger partial charge is 0.399 e. The zero-order valence-electron chi connectivity index (χ0n) is 41.1. The number of rotatable bonds is 16. The van der Waals surface area contributed by atoms with Crippen molar-refractivity contribution in [2.24, 2.45) is 84.8 Å². The standard InChI is InChI=1S/C11H23NO.2C9H19NO.C8H17NO.C8H17N/c1-8(2)10(9(3)4)12-13-11(5,6)7;2*1-6-11-10-9(7(2)3)8(4)5;1-6(2)8(7(3)4)9-10-5;1-6(2)8(9-5)7(3)4/h8-9H,1-7H3;2*7-8H,6H2,1-5H3;6-7H,1-5H3;6-7H,1-5H3. The summed E-state index contributed by atoms with van der Waals surface area (Å²) in [6.07, 6.45) is 0. The second-order valence-electron chi connectivity index (χ2n) is 17.5. The van der Waals surface area contributed by atoms with E-state index < -0.39 is 0 Å². The molecule has 0 bridgehead atoms. The predicted octanol–water partition coefficient (Wildman–Crippen LogP) is 13.5. The van der Waals surface area contributed by atoms with Crippen molar-refractivity contribution in [1.82, 2.24) is 0 Å². The van der Waals surface area contributed by atoms with Gasteiger partial charge in [-0.15, -0.1) is 0 Å². The summed E-state index contributed by atoms with van der Waals surface area (Å²) in [4.78, 5) is 24.3. The lowest BCUT2D eigenvalue weighted by Crippen LogP contribution is -2.21. The molecule has 0 N–H and O–H groups in total. The monoisotopic (exact) mass is 770 g/mol. The van der Waals surface area contributed by atoms with Gasteiger partial charge in [0.15, 0.2) is 0 Å². The van der Waals surface area contributed by atoms with E-state index in [-0.39, 0.29) is 5.60 Å². The maximum atomic E-state index is 5.40. The Balaban J connectivity index is -0.000000186. The van der Waals surface area contributed by atoms with Crippen molar-refractivity contribution in [2.45, 2.75) is 179 Å². The van der Waals surface area contributed by atoms with Crippen LogP contribution in [0.3, 0.4) is 0 Å². The predicted molar refractivity (Wildman–Crippen MR) is 243 cm³/mol. The van der Waals surface area contributed by atoms with Gasteiger partial charge < -0.3 is 19.4 Å². The van der Waals surface area contributed by atoms with Gasteiger partial charge in [-0.05, 0) is 93.8 Å². The third-order valence-corrected chi connectivity index (χ3v) is 7.39. The van der Waals surface area contributed by atoms with E-state index >= 15 is 0 Å². The van der Waals surface area contributed by atoms with Crippen LogP contribution in [0.4, 0.5) is 0 Å². The Labute approximate surface area is 338 Å². The van der Waals surface area contributed by atoms with Crippen molar-refractivity contribution >= 4 is 28.6 Å². The molecule has 0 radical (unpaired) electrons. The summed E-state index contributed by atoms with van der Waals surface area (Å²) in [5.41, 5.74) is 5.68. The van der Waals surface area contributed by atoms with E-state index in [4.69, 9.17) is 19.4 Å². The summed E-state index contributed by atoms with van der Waals surface area (Å²) in [6.45, 7) is 54.1. The molecule has 0 saturated carbocycles. The smallest absolute Gasteiger partial charge is 0.129 e. The molecule has 0 aromatic rings. The van der Waals surface area contributed by atoms with Crippen LogP contribution in [0.1, 0.15) is 173 Å². The molecule has 0 aliphatic heterocycles. The highest BCUT2D eigenvalue weighted by Gasteiger charge is 2.15. The van der Waals surface area contributed by atoms with Gasteiger partial charge >= 0.3 is 0 Å². The molecule has 0 spiro atoms. The molecule has 324 valence electrons. The van der Waals surface area contributed by atoms with Crippen LogP contribution in [0.2, 0.25) is 0 Å². The number of hydrogen-bond acceptors (Lipinski definition) is 9. The maximum Gasteiger partial charge on any atom is 0.129 e. The zero-order chi connectivity index (χ0) is 43.9. The molecule has 0 aromatic carbocycles. The molecular weight excluding hydrogens is 675 g/mol. The molecule has 0 aliphatic carbocycles. The molecule has 0 amide bonds. The van der Waals surface area contributed by atoms with E-state index in [0.29, 0.717) is 72.4 Å². The molecule has 0 aromatic heterocycles. The minimum absolute atomic E-state index is 0.185. The van der Waals surface area contributed by atoms with E-state index in [0.717, 1.165) is 22.8 Å². The summed E-state index contributed by atoms with van der Waals surface area (Å²) in [6, 6.07) is 0. The first-order valence-electron chi connectivity index (χ1n) is 20.8. The van der Waals surface area contributed by atoms with Crippen LogP contribution in [-0.4, -0.2) is 61.5 Å². The summed E-state index contributed by atoms with van der Waals surface area (Å²) < 4.78 is 0. The Morgan fingerprint density at radius 1 is 0.389 bits per heavy atom. The molecule has 0 fully saturated rings. The summed E-state index contributed by atoms with van der Waals surface area (Å²) in [7, 11) is 3.46. The first-order valence-corrected chi connectivity index (χ1v) is 20.8. The highest BCUT2D eigenvalue weighted by Crippen LogP contribution is 2.13. The van der Waals surface area contributed by atoms with Crippen LogP contribution in [0.15, 0.2) is 25.6 Å². The molecule has 0 heterocycles. The average molecular weight is 770 g/mol. The fourth-order valence-electron chi connectivity index (χ4n) is 5.27. The number of hydrogen-bond donors (Lipinski definition) is 0. The van der Waals surface area contributed by atoms with Gasteiger partial charge in [0.2, 0.25) is 0 Å². The van der Waals surface area contributed by atoms with Gasteiger partial charge in [-0.1, -0.05) is 159 Å². The SMILES string of the molecule is CC(C)C(=NOC(C)(C)C)C(C)C.CCON=C(C(C)C)C(C)C.CCON=C(C(C)C)C(C)C.CN=C(C(C)C)C(C)C.CON=C(C(C)C)C(C)C. The minimum Gasteiger partial charge on any atom is -0.399 e. The van der Waals surface area contributed by atoms with Gasteiger partial charge in [0.05, 0.1) is 22.8 Å². The van der Waals surface area contributed by atoms with E-state index in [1.165, 1.54) is 5.71 Å². The summed E-state index contributed by atoms with van der Waals surface area (Å²) in [5, 5.41) is 16.3. The molecular formula is C45H95N5O4. The van der Waals surface area contributed by atoms with Gasteiger partial charge in [-0.3, -0.25) is 4.99 Å². The molecule has 0 rings (SSSR count). The third-order valence-electron chi connectivity index (χ3n) is 7.39. The number of aliphatic imine (C=N–C) groups is 1. The number of nitrogens with zero attached hydrogens (tertiary/aromatic N) is 5. The highest BCUT2D eigenvalue weighted by molar-refractivity contribution is 5.89. The third kappa shape index (κ3) is 36.5. The van der Waals surface area contributed by atoms with Crippen LogP contribution in [-0.2, 0) is 19.4 Å². The van der Waals surface area contributed by atoms with Crippen molar-refractivity contribution in [3.63, 3.8) is 0 Å². The first-order chi connectivity index (χ1) is 24.6. The second kappa shape index (κ2) is 35.0. The molecule has 9 nitrogen and oxygen atoms in total. The average Bonchev–Trinajstić information content (AvgIpc) is 2.99. The van der Waals surface area contributed by atoms with Gasteiger partial charge in [0.1, 0.15) is 25.9 Å². The molecule has 0 saturated heterocycles. The minimum atomic E-state index is -0.185. The fraction of sp³-hybridized carbons (Fsp3) is 0.889. The fourth-order valence-corrected chi connectivity index (χ4v) is 5.27. The van der Waals surface area contributed by atoms with Gasteiger partial charge in [-0.2, -0.15) is 0 Å². The van der Waals surface area contributed by atoms with Crippen LogP contribution in [0, 0.1) is 59.2 Å². The normalized spacial score (nSPS) is 10.8. The van der Waals surface area contributed by atoms with Gasteiger partial charge in [0, 0.05) is 12.8 Å². The van der Waals surface area contributed by atoms with Crippen molar-refractivity contribution in [3.05, 3.63) is 0 Å². The summed E-state index contributed by atoms with van der Waals surface area (Å²) >= 11 is 0. The second-order valence-corrected chi connectivity index (χ2v) is 17.5. The molecule has 0 aliphatic rings. The lowest BCUT2D eigenvalue weighted by Gasteiger charge is -2.19. The van der Waals surface area contributed by atoms with Gasteiger partial charge in [0.25, 0.3) is 0 Å². The Kier molecular flexibility index (Phi) is 39.4. The highest BCUT2D eigenvalue weighted by atomic mass is 16.6. The van der Waals surface area contributed by atoms with Crippen LogP contribution in [0.25, 0.3) is 0 Å². The van der Waals surface area contributed by atoms with E-state index in [1.54, 1.807) is 7.11 Å². The van der Waals surface area contributed by atoms with Crippen molar-refractivity contribution in [3.8, 4) is 0 Å². The number of oxime groups is 4. The van der Waals surface area contributed by atoms with Crippen molar-refractivity contribution < 1.29 is 19.4 Å². The van der Waals surface area contributed by atoms with Gasteiger partial charge in [-0.25, -0.2) is 0 Å². The molecule has 0 atom stereocenters. The maximum absolute atomic E-state index is 5.40. The van der Waals surface area contributed by atoms with E-state index in [9.17, 15) is 0 Å². The van der Waals surface area contributed by atoms with Crippen LogP contribution in [0.5, 0.6) is 0 Å². The lowest BCUT2D eigenvalue weighted by molar-refractivity contribution is -0.000606. The first kappa shape index (κ1) is 60.8. The lowest BCUT2D eigenvalue weighted by atomic mass is 9.98. The van der Waals surface area contributed by atoms with E-state index in [2.05, 4.69) is 164 Å². The van der Waals surface area contributed by atoms with E-state index in [1.807, 2.05) is 41.7 Å². The van der Waals surface area contributed by atoms with Crippen molar-refractivity contribution in [1.29, 1.82) is 0 Å². The Bertz CT molecular complexity index is 945. The Morgan fingerprint density at radius 2 is 0.611 bits per heavy atom. The molecule has 0 unspecified atom stereocenters. The summed E-state index contributed by atoms with van der Waals surface area (Å²) in [5.74, 6) is 5.06. The zero-order valence-corrected chi connectivity index (χ0v) is 41.1. The van der Waals surface area contributed by atoms with Crippen molar-refractivity contribution in [2.75, 3.05) is 27.4 Å². The topological polar surface area (TPSA) is 98.7 Å². The quantitative estimate of drug-likeness (QED) is 0.115. The Morgan fingerprint density at radius 3 is 0.741 bits per heavy atom. The molecule has 9 heteroatoms. The van der Waals surface area contributed by atoms with Crippen LogP contribution < -0.4 is 0 Å². The van der Waals surface area contributed by atoms with Crippen LogP contribution >= 0.6 is 0 Å². The molecule has 54 heavy (non-hydrogen) atoms. The Hall–Kier alpha value is -2.45.